The Hall–Kier alpha value is -1.39. The molecule has 2 rings (SSSR count). The van der Waals surface area contributed by atoms with Crippen molar-refractivity contribution in [1.82, 2.24) is 19.9 Å². The third-order valence-corrected chi connectivity index (χ3v) is 2.72. The highest BCUT2D eigenvalue weighted by Gasteiger charge is 2.21. The first-order valence-electron chi connectivity index (χ1n) is 4.88. The summed E-state index contributed by atoms with van der Waals surface area (Å²) in [6.07, 6.45) is 5.53. The van der Waals surface area contributed by atoms with Gasteiger partial charge >= 0.3 is 0 Å². The van der Waals surface area contributed by atoms with E-state index in [-0.39, 0.29) is 5.91 Å². The highest BCUT2D eigenvalue weighted by molar-refractivity contribution is 5.73. The third kappa shape index (κ3) is 1.76. The van der Waals surface area contributed by atoms with Gasteiger partial charge in [0.1, 0.15) is 0 Å². The fraction of sp³-hybridized carbons (Fsp3) is 0.667. The lowest BCUT2D eigenvalue weighted by Gasteiger charge is -2.30. The first-order chi connectivity index (χ1) is 6.77. The summed E-state index contributed by atoms with van der Waals surface area (Å²) in [4.78, 5) is 13.0. The van der Waals surface area contributed by atoms with Gasteiger partial charge in [-0.2, -0.15) is 0 Å². The molecule has 1 amide bonds. The van der Waals surface area contributed by atoms with Crippen LogP contribution in [-0.2, 0) is 4.79 Å². The highest BCUT2D eigenvalue weighted by atomic mass is 16.2. The van der Waals surface area contributed by atoms with Gasteiger partial charge in [0.25, 0.3) is 0 Å². The number of nitrogens with zero attached hydrogens (tertiary/aromatic N) is 4. The third-order valence-electron chi connectivity index (χ3n) is 2.72. The fourth-order valence-corrected chi connectivity index (χ4v) is 1.86. The molecular weight excluding hydrogens is 180 g/mol. The summed E-state index contributed by atoms with van der Waals surface area (Å²) in [7, 11) is 0. The van der Waals surface area contributed by atoms with Crippen molar-refractivity contribution < 1.29 is 4.79 Å². The van der Waals surface area contributed by atoms with E-state index in [0.29, 0.717) is 6.04 Å². The molecule has 0 saturated carbocycles. The van der Waals surface area contributed by atoms with E-state index in [9.17, 15) is 4.79 Å². The molecule has 0 aromatic carbocycles. The Morgan fingerprint density at radius 3 is 2.64 bits per heavy atom. The first-order valence-corrected chi connectivity index (χ1v) is 4.88. The number of piperidine rings is 1. The Balaban J connectivity index is 1.93. The molecule has 0 bridgehead atoms. The Labute approximate surface area is 82.7 Å². The minimum absolute atomic E-state index is 0.169. The summed E-state index contributed by atoms with van der Waals surface area (Å²) in [6.45, 7) is 3.29. The Morgan fingerprint density at radius 1 is 1.43 bits per heavy atom. The van der Waals surface area contributed by atoms with Gasteiger partial charge in [0.05, 0.1) is 12.2 Å². The number of carbonyl (C=O) groups excluding carboxylic acids is 1. The van der Waals surface area contributed by atoms with Gasteiger partial charge in [-0.25, -0.2) is 4.68 Å². The SMILES string of the molecule is CC(=O)N1CCC(n2ccnn2)CC1. The predicted molar refractivity (Wildman–Crippen MR) is 50.5 cm³/mol. The second-order valence-corrected chi connectivity index (χ2v) is 3.62. The van der Waals surface area contributed by atoms with E-state index in [2.05, 4.69) is 10.3 Å². The van der Waals surface area contributed by atoms with Gasteiger partial charge in [-0.05, 0) is 12.8 Å². The molecule has 0 atom stereocenters. The van der Waals surface area contributed by atoms with E-state index in [1.54, 1.807) is 13.1 Å². The van der Waals surface area contributed by atoms with Crippen LogP contribution >= 0.6 is 0 Å². The number of hydrogen-bond acceptors (Lipinski definition) is 3. The van der Waals surface area contributed by atoms with Crippen molar-refractivity contribution >= 4 is 5.91 Å². The lowest BCUT2D eigenvalue weighted by atomic mass is 10.1. The molecule has 1 aromatic rings. The quantitative estimate of drug-likeness (QED) is 0.652. The van der Waals surface area contributed by atoms with Gasteiger partial charge in [-0.1, -0.05) is 5.21 Å². The number of aromatic nitrogens is 3. The number of amides is 1. The lowest BCUT2D eigenvalue weighted by Crippen LogP contribution is -2.37. The Kier molecular flexibility index (Phi) is 2.47. The molecule has 1 fully saturated rings. The van der Waals surface area contributed by atoms with Crippen molar-refractivity contribution in [2.24, 2.45) is 0 Å². The molecule has 1 aromatic heterocycles. The van der Waals surface area contributed by atoms with Crippen LogP contribution in [0.1, 0.15) is 25.8 Å². The van der Waals surface area contributed by atoms with Crippen molar-refractivity contribution in [1.29, 1.82) is 0 Å². The van der Waals surface area contributed by atoms with E-state index in [4.69, 9.17) is 0 Å². The maximum atomic E-state index is 11.1. The van der Waals surface area contributed by atoms with Crippen LogP contribution in [0.2, 0.25) is 0 Å². The average Bonchev–Trinajstić information content (AvgIpc) is 2.71. The summed E-state index contributed by atoms with van der Waals surface area (Å²) in [5, 5.41) is 7.76. The van der Waals surface area contributed by atoms with Crippen molar-refractivity contribution in [3.63, 3.8) is 0 Å². The smallest absolute Gasteiger partial charge is 0.219 e. The molecule has 5 heteroatoms. The molecule has 0 aliphatic carbocycles. The summed E-state index contributed by atoms with van der Waals surface area (Å²) >= 11 is 0. The average molecular weight is 194 g/mol. The molecular formula is C9H14N4O. The van der Waals surface area contributed by atoms with Crippen LogP contribution in [0, 0.1) is 0 Å². The van der Waals surface area contributed by atoms with Crippen molar-refractivity contribution in [3.05, 3.63) is 12.4 Å². The van der Waals surface area contributed by atoms with E-state index in [1.165, 1.54) is 0 Å². The largest absolute Gasteiger partial charge is 0.343 e. The molecule has 0 spiro atoms. The van der Waals surface area contributed by atoms with Gasteiger partial charge in [0.2, 0.25) is 5.91 Å². The standard InChI is InChI=1S/C9H14N4O/c1-8(14)12-5-2-9(3-6-12)13-7-4-10-11-13/h4,7,9H,2-3,5-6H2,1H3. The second kappa shape index (κ2) is 3.77. The van der Waals surface area contributed by atoms with E-state index in [0.717, 1.165) is 25.9 Å². The Morgan fingerprint density at radius 2 is 2.14 bits per heavy atom. The van der Waals surface area contributed by atoms with Gasteiger partial charge < -0.3 is 4.90 Å². The molecule has 0 N–H and O–H groups in total. The van der Waals surface area contributed by atoms with Crippen LogP contribution in [0.3, 0.4) is 0 Å². The van der Waals surface area contributed by atoms with Gasteiger partial charge in [-0.3, -0.25) is 4.79 Å². The van der Waals surface area contributed by atoms with E-state index in [1.807, 2.05) is 15.8 Å². The maximum Gasteiger partial charge on any atom is 0.219 e. The molecule has 5 nitrogen and oxygen atoms in total. The highest BCUT2D eigenvalue weighted by Crippen LogP contribution is 2.20. The molecule has 14 heavy (non-hydrogen) atoms. The van der Waals surface area contributed by atoms with Crippen LogP contribution in [-0.4, -0.2) is 38.9 Å². The summed E-state index contributed by atoms with van der Waals surface area (Å²) in [5.41, 5.74) is 0. The van der Waals surface area contributed by atoms with Crippen molar-refractivity contribution in [2.75, 3.05) is 13.1 Å². The monoisotopic (exact) mass is 194 g/mol. The van der Waals surface area contributed by atoms with Crippen LogP contribution in [0.4, 0.5) is 0 Å². The normalized spacial score (nSPS) is 18.5. The van der Waals surface area contributed by atoms with E-state index < -0.39 is 0 Å². The topological polar surface area (TPSA) is 51.0 Å². The maximum absolute atomic E-state index is 11.1. The summed E-state index contributed by atoms with van der Waals surface area (Å²) < 4.78 is 1.89. The number of hydrogen-bond donors (Lipinski definition) is 0. The Bertz CT molecular complexity index is 301. The first kappa shape index (κ1) is 9.18. The minimum Gasteiger partial charge on any atom is -0.343 e. The second-order valence-electron chi connectivity index (χ2n) is 3.62. The van der Waals surface area contributed by atoms with Gasteiger partial charge in [-0.15, -0.1) is 5.10 Å². The van der Waals surface area contributed by atoms with Crippen LogP contribution in [0.25, 0.3) is 0 Å². The van der Waals surface area contributed by atoms with Crippen molar-refractivity contribution in [2.45, 2.75) is 25.8 Å². The van der Waals surface area contributed by atoms with Gasteiger partial charge in [0, 0.05) is 26.2 Å². The van der Waals surface area contributed by atoms with E-state index >= 15 is 0 Å². The van der Waals surface area contributed by atoms with Gasteiger partial charge in [0.15, 0.2) is 0 Å². The molecule has 76 valence electrons. The summed E-state index contributed by atoms with van der Waals surface area (Å²) in [5.74, 6) is 0.169. The summed E-state index contributed by atoms with van der Waals surface area (Å²) in [6, 6.07) is 0.410. The molecule has 0 unspecified atom stereocenters. The minimum atomic E-state index is 0.169. The predicted octanol–water partition coefficient (Wildman–Crippen LogP) is 0.462. The zero-order valence-electron chi connectivity index (χ0n) is 8.26. The van der Waals surface area contributed by atoms with Crippen LogP contribution in [0.5, 0.6) is 0 Å². The number of rotatable bonds is 1. The van der Waals surface area contributed by atoms with Crippen LogP contribution < -0.4 is 0 Å². The molecule has 2 heterocycles. The van der Waals surface area contributed by atoms with Crippen LogP contribution in [0.15, 0.2) is 12.4 Å². The number of likely N-dealkylation sites (tertiary alicyclic amines) is 1. The lowest BCUT2D eigenvalue weighted by molar-refractivity contribution is -0.130. The van der Waals surface area contributed by atoms with Crippen molar-refractivity contribution in [3.8, 4) is 0 Å². The number of carbonyl (C=O) groups is 1. The zero-order chi connectivity index (χ0) is 9.97. The zero-order valence-corrected chi connectivity index (χ0v) is 8.26. The molecule has 1 aliphatic heterocycles. The molecule has 0 radical (unpaired) electrons. The fourth-order valence-electron chi connectivity index (χ4n) is 1.86. The molecule has 1 saturated heterocycles. The molecule has 1 aliphatic rings.